The molecule has 1 N–H and O–H groups in total. The van der Waals surface area contributed by atoms with Gasteiger partial charge in [-0.2, -0.15) is 5.10 Å². The quantitative estimate of drug-likeness (QED) is 0.802. The summed E-state index contributed by atoms with van der Waals surface area (Å²) in [5.41, 5.74) is 2.11. The van der Waals surface area contributed by atoms with Crippen molar-refractivity contribution in [2.24, 2.45) is 0 Å². The second-order valence-electron chi connectivity index (χ2n) is 4.02. The molecule has 3 nitrogen and oxygen atoms in total. The van der Waals surface area contributed by atoms with E-state index in [0.29, 0.717) is 6.54 Å². The Morgan fingerprint density at radius 3 is 3.06 bits per heavy atom. The number of nitrogens with one attached hydrogen (secondary N) is 1. The van der Waals surface area contributed by atoms with Crippen LogP contribution in [-0.2, 0) is 13.1 Å². The van der Waals surface area contributed by atoms with E-state index < -0.39 is 0 Å². The van der Waals surface area contributed by atoms with Crippen LogP contribution in [0.4, 0.5) is 4.39 Å². The van der Waals surface area contributed by atoms with Crippen molar-refractivity contribution in [3.8, 4) is 0 Å². The average Bonchev–Trinajstić information content (AvgIpc) is 2.82. The van der Waals surface area contributed by atoms with Crippen LogP contribution in [0.2, 0.25) is 0 Å². The van der Waals surface area contributed by atoms with Gasteiger partial charge in [0.2, 0.25) is 0 Å². The van der Waals surface area contributed by atoms with E-state index in [9.17, 15) is 4.39 Å². The summed E-state index contributed by atoms with van der Waals surface area (Å²) in [6, 6.07) is 6.77. The Kier molecular flexibility index (Phi) is 3.88. The van der Waals surface area contributed by atoms with Crippen LogP contribution in [0.3, 0.4) is 0 Å². The maximum atomic E-state index is 13.0. The Hall–Kier alpha value is -1.68. The molecule has 0 aliphatic carbocycles. The first-order valence-electron chi connectivity index (χ1n) is 5.69. The summed E-state index contributed by atoms with van der Waals surface area (Å²) in [6.45, 7) is 4.31. The van der Waals surface area contributed by atoms with Gasteiger partial charge in [-0.25, -0.2) is 4.39 Å². The highest BCUT2D eigenvalue weighted by Gasteiger charge is 1.99. The SMILES string of the molecule is Cc1ccc(F)cc1CNCCn1cccn1. The summed E-state index contributed by atoms with van der Waals surface area (Å²) in [7, 11) is 0. The average molecular weight is 233 g/mol. The van der Waals surface area contributed by atoms with Crippen molar-refractivity contribution >= 4 is 0 Å². The van der Waals surface area contributed by atoms with Crippen molar-refractivity contribution in [1.29, 1.82) is 0 Å². The predicted molar refractivity (Wildman–Crippen MR) is 65.1 cm³/mol. The maximum Gasteiger partial charge on any atom is 0.123 e. The third kappa shape index (κ3) is 3.39. The van der Waals surface area contributed by atoms with Crippen LogP contribution < -0.4 is 5.32 Å². The minimum absolute atomic E-state index is 0.181. The van der Waals surface area contributed by atoms with Gasteiger partial charge in [-0.1, -0.05) is 6.07 Å². The Morgan fingerprint density at radius 2 is 2.29 bits per heavy atom. The van der Waals surface area contributed by atoms with Crippen LogP contribution >= 0.6 is 0 Å². The number of hydrogen-bond donors (Lipinski definition) is 1. The van der Waals surface area contributed by atoms with Crippen molar-refractivity contribution in [3.05, 3.63) is 53.6 Å². The van der Waals surface area contributed by atoms with E-state index in [-0.39, 0.29) is 5.82 Å². The molecule has 2 aromatic rings. The molecule has 1 aromatic heterocycles. The molecule has 90 valence electrons. The standard InChI is InChI=1S/C13H16FN3/c1-11-3-4-13(14)9-12(11)10-15-6-8-17-7-2-5-16-17/h2-5,7,9,15H,6,8,10H2,1H3. The highest BCUT2D eigenvalue weighted by molar-refractivity contribution is 5.26. The molecule has 0 amide bonds. The van der Waals surface area contributed by atoms with Gasteiger partial charge in [-0.15, -0.1) is 0 Å². The molecule has 0 aliphatic rings. The fraction of sp³-hybridized carbons (Fsp3) is 0.308. The molecule has 0 unspecified atom stereocenters. The molecule has 17 heavy (non-hydrogen) atoms. The summed E-state index contributed by atoms with van der Waals surface area (Å²) in [5.74, 6) is -0.181. The number of aryl methyl sites for hydroxylation is 1. The maximum absolute atomic E-state index is 13.0. The summed E-state index contributed by atoms with van der Waals surface area (Å²) in [4.78, 5) is 0. The molecule has 0 aliphatic heterocycles. The molecule has 2 rings (SSSR count). The van der Waals surface area contributed by atoms with E-state index in [1.165, 1.54) is 6.07 Å². The Morgan fingerprint density at radius 1 is 1.41 bits per heavy atom. The number of halogens is 1. The van der Waals surface area contributed by atoms with E-state index >= 15 is 0 Å². The smallest absolute Gasteiger partial charge is 0.123 e. The highest BCUT2D eigenvalue weighted by atomic mass is 19.1. The monoisotopic (exact) mass is 233 g/mol. The van der Waals surface area contributed by atoms with E-state index in [1.807, 2.05) is 23.9 Å². The van der Waals surface area contributed by atoms with Crippen LogP contribution in [0, 0.1) is 12.7 Å². The molecule has 0 bridgehead atoms. The van der Waals surface area contributed by atoms with Crippen LogP contribution in [0.5, 0.6) is 0 Å². The Bertz CT molecular complexity index is 466. The van der Waals surface area contributed by atoms with Gasteiger partial charge in [0.1, 0.15) is 5.82 Å². The summed E-state index contributed by atoms with van der Waals surface area (Å²) in [5, 5.41) is 7.39. The summed E-state index contributed by atoms with van der Waals surface area (Å²) < 4.78 is 14.9. The van der Waals surface area contributed by atoms with E-state index in [4.69, 9.17) is 0 Å². The van der Waals surface area contributed by atoms with Gasteiger partial charge < -0.3 is 5.32 Å². The minimum atomic E-state index is -0.181. The lowest BCUT2D eigenvalue weighted by Gasteiger charge is -2.08. The molecule has 0 atom stereocenters. The van der Waals surface area contributed by atoms with Crippen molar-refractivity contribution in [1.82, 2.24) is 15.1 Å². The molecular weight excluding hydrogens is 217 g/mol. The van der Waals surface area contributed by atoms with Gasteiger partial charge in [-0.05, 0) is 36.2 Å². The first-order valence-corrected chi connectivity index (χ1v) is 5.69. The van der Waals surface area contributed by atoms with Crippen LogP contribution in [0.15, 0.2) is 36.7 Å². The van der Waals surface area contributed by atoms with Crippen molar-refractivity contribution in [3.63, 3.8) is 0 Å². The fourth-order valence-electron chi connectivity index (χ4n) is 1.68. The predicted octanol–water partition coefficient (Wildman–Crippen LogP) is 2.12. The molecular formula is C13H16FN3. The van der Waals surface area contributed by atoms with Crippen LogP contribution in [0.25, 0.3) is 0 Å². The minimum Gasteiger partial charge on any atom is -0.311 e. The van der Waals surface area contributed by atoms with Gasteiger partial charge >= 0.3 is 0 Å². The van der Waals surface area contributed by atoms with E-state index in [2.05, 4.69) is 10.4 Å². The molecule has 0 fully saturated rings. The first-order chi connectivity index (χ1) is 8.25. The molecule has 0 spiro atoms. The van der Waals surface area contributed by atoms with Gasteiger partial charge in [0.05, 0.1) is 6.54 Å². The molecule has 1 aromatic carbocycles. The van der Waals surface area contributed by atoms with Crippen LogP contribution in [-0.4, -0.2) is 16.3 Å². The second-order valence-corrected chi connectivity index (χ2v) is 4.02. The zero-order valence-corrected chi connectivity index (χ0v) is 9.86. The summed E-state index contributed by atoms with van der Waals surface area (Å²) in [6.07, 6.45) is 3.69. The second kappa shape index (κ2) is 5.59. The Balaban J connectivity index is 1.80. The van der Waals surface area contributed by atoms with Crippen LogP contribution in [0.1, 0.15) is 11.1 Å². The highest BCUT2D eigenvalue weighted by Crippen LogP contribution is 2.09. The third-order valence-corrected chi connectivity index (χ3v) is 2.70. The van der Waals surface area contributed by atoms with E-state index in [0.717, 1.165) is 24.2 Å². The zero-order valence-electron chi connectivity index (χ0n) is 9.86. The van der Waals surface area contributed by atoms with Gasteiger partial charge in [0.25, 0.3) is 0 Å². The largest absolute Gasteiger partial charge is 0.311 e. The summed E-state index contributed by atoms with van der Waals surface area (Å²) >= 11 is 0. The zero-order chi connectivity index (χ0) is 12.1. The number of rotatable bonds is 5. The number of benzene rings is 1. The van der Waals surface area contributed by atoms with Gasteiger partial charge in [0.15, 0.2) is 0 Å². The Labute approximate surface area is 100 Å². The number of nitrogens with zero attached hydrogens (tertiary/aromatic N) is 2. The van der Waals surface area contributed by atoms with Gasteiger partial charge in [-0.3, -0.25) is 4.68 Å². The normalized spacial score (nSPS) is 10.7. The van der Waals surface area contributed by atoms with Gasteiger partial charge in [0, 0.05) is 25.5 Å². The molecule has 1 heterocycles. The lowest BCUT2D eigenvalue weighted by atomic mass is 10.1. The topological polar surface area (TPSA) is 29.9 Å². The number of aromatic nitrogens is 2. The molecule has 4 heteroatoms. The lowest BCUT2D eigenvalue weighted by molar-refractivity contribution is 0.552. The van der Waals surface area contributed by atoms with Crippen molar-refractivity contribution < 1.29 is 4.39 Å². The first kappa shape index (κ1) is 11.8. The number of hydrogen-bond acceptors (Lipinski definition) is 2. The third-order valence-electron chi connectivity index (χ3n) is 2.70. The fourth-order valence-corrected chi connectivity index (χ4v) is 1.68. The van der Waals surface area contributed by atoms with E-state index in [1.54, 1.807) is 18.3 Å². The molecule has 0 radical (unpaired) electrons. The molecule has 0 saturated heterocycles. The van der Waals surface area contributed by atoms with Crippen molar-refractivity contribution in [2.75, 3.05) is 6.54 Å². The van der Waals surface area contributed by atoms with Crippen molar-refractivity contribution in [2.45, 2.75) is 20.0 Å². The molecule has 0 saturated carbocycles. The lowest BCUT2D eigenvalue weighted by Crippen LogP contribution is -2.20.